The number of hydrogen-bond donors (Lipinski definition) is 1. The van der Waals surface area contributed by atoms with Gasteiger partial charge >= 0.3 is 5.97 Å². The number of halogens is 1. The lowest BCUT2D eigenvalue weighted by Crippen LogP contribution is -2.68. The molecule has 0 saturated heterocycles. The van der Waals surface area contributed by atoms with Crippen LogP contribution < -0.4 is 18.6 Å². The van der Waals surface area contributed by atoms with Crippen molar-refractivity contribution < 1.29 is 55.9 Å². The van der Waals surface area contributed by atoms with Crippen molar-refractivity contribution >= 4 is 16.1 Å². The lowest BCUT2D eigenvalue weighted by Gasteiger charge is -2.27. The fourth-order valence-electron chi connectivity index (χ4n) is 1.18. The van der Waals surface area contributed by atoms with Gasteiger partial charge < -0.3 is 9.59 Å². The molecule has 0 unspecified atom stereocenters. The zero-order valence-electron chi connectivity index (χ0n) is 11.4. The van der Waals surface area contributed by atoms with Gasteiger partial charge in [0.1, 0.15) is 12.6 Å². The highest BCUT2D eigenvalue weighted by molar-refractivity contribution is 7.86. The highest BCUT2D eigenvalue weighted by Crippen LogP contribution is 2.07. The standard InChI is InChI=1S/C8H17NO5S.ClHO4/c1-9(2,3)6-7(5-8(10)11)14-15(4,12)13;2-1(3,4)5/h7H,5-6H2,1-4H3;(H,2,3,4,5)/t7-;/m0./s1. The topological polar surface area (TPSA) is 173 Å². The number of rotatable bonds is 6. The van der Waals surface area contributed by atoms with Gasteiger partial charge in [0.15, 0.2) is 0 Å². The molecule has 20 heavy (non-hydrogen) atoms. The Hall–Kier alpha value is -0.530. The van der Waals surface area contributed by atoms with E-state index < -0.39 is 32.4 Å². The Morgan fingerprint density at radius 1 is 1.25 bits per heavy atom. The minimum absolute atomic E-state index is 0.317. The van der Waals surface area contributed by atoms with Crippen LogP contribution in [0.4, 0.5) is 0 Å². The van der Waals surface area contributed by atoms with E-state index >= 15 is 0 Å². The van der Waals surface area contributed by atoms with E-state index in [4.69, 9.17) is 27.9 Å². The van der Waals surface area contributed by atoms with Gasteiger partial charge in [-0.3, -0.25) is 8.98 Å². The zero-order valence-corrected chi connectivity index (χ0v) is 13.0. The van der Waals surface area contributed by atoms with Crippen LogP contribution in [0.1, 0.15) is 6.42 Å². The maximum atomic E-state index is 10.9. The summed E-state index contributed by atoms with van der Waals surface area (Å²) in [4.78, 5) is 10.5. The van der Waals surface area contributed by atoms with E-state index in [2.05, 4.69) is 0 Å². The summed E-state index contributed by atoms with van der Waals surface area (Å²) in [6.07, 6.45) is -0.224. The lowest BCUT2D eigenvalue weighted by atomic mass is 10.2. The number of carboxylic acids is 1. The van der Waals surface area contributed by atoms with Crippen molar-refractivity contribution in [2.75, 3.05) is 33.9 Å². The minimum atomic E-state index is -4.94. The predicted octanol–water partition coefficient (Wildman–Crippen LogP) is -5.24. The van der Waals surface area contributed by atoms with Crippen LogP contribution in [0, 0.1) is 10.2 Å². The van der Waals surface area contributed by atoms with E-state index in [0.29, 0.717) is 11.0 Å². The van der Waals surface area contributed by atoms with Crippen LogP contribution in [0.2, 0.25) is 0 Å². The molecule has 0 aromatic rings. The van der Waals surface area contributed by atoms with Gasteiger partial charge in [0.25, 0.3) is 10.1 Å². The van der Waals surface area contributed by atoms with E-state index in [1.165, 1.54) is 0 Å². The molecule has 12 heteroatoms. The molecule has 10 nitrogen and oxygen atoms in total. The van der Waals surface area contributed by atoms with Crippen LogP contribution >= 0.6 is 0 Å². The first-order chi connectivity index (χ1) is 8.49. The monoisotopic (exact) mass is 339 g/mol. The smallest absolute Gasteiger partial charge is 0.306 e. The molecule has 1 N–H and O–H groups in total. The van der Waals surface area contributed by atoms with E-state index in [1.54, 1.807) is 0 Å². The molecule has 0 spiro atoms. The molecule has 0 heterocycles. The molecule has 0 saturated carbocycles. The molecule has 0 aliphatic rings. The van der Waals surface area contributed by atoms with Crippen LogP contribution in [-0.4, -0.2) is 64.0 Å². The highest BCUT2D eigenvalue weighted by Gasteiger charge is 2.25. The molecule has 0 aromatic heterocycles. The molecule has 0 rings (SSSR count). The SMILES string of the molecule is C[N+](C)(C)C[C@H](CC(=O)O)OS(C)(=O)=O.[O-][Cl+3]([O-])([O-])[O-]. The average molecular weight is 340 g/mol. The number of nitrogens with zero attached hydrogens (tertiary/aromatic N) is 1. The molecule has 0 amide bonds. The molecular weight excluding hydrogens is 322 g/mol. The highest BCUT2D eigenvalue weighted by atomic mass is 35.7. The summed E-state index contributed by atoms with van der Waals surface area (Å²) in [6, 6.07) is 0. The summed E-state index contributed by atoms with van der Waals surface area (Å²) < 4.78 is 60.9. The third-order valence-electron chi connectivity index (χ3n) is 1.46. The first-order valence-corrected chi connectivity index (χ1v) is 8.07. The molecule has 1 atom stereocenters. The Balaban J connectivity index is 0. The molecule has 0 aliphatic carbocycles. The zero-order chi connectivity index (χ0) is 16.8. The van der Waals surface area contributed by atoms with Crippen molar-refractivity contribution in [3.8, 4) is 0 Å². The minimum Gasteiger partial charge on any atom is -0.481 e. The summed E-state index contributed by atoms with van der Waals surface area (Å²) in [5, 5.41) is 8.60. The second kappa shape index (κ2) is 8.05. The van der Waals surface area contributed by atoms with E-state index in [9.17, 15) is 13.2 Å². The van der Waals surface area contributed by atoms with Crippen molar-refractivity contribution in [2.45, 2.75) is 12.5 Å². The van der Waals surface area contributed by atoms with Gasteiger partial charge in [0.05, 0.1) is 33.8 Å². The molecule has 122 valence electrons. The molecular formula is C8H18ClNO9S. The third-order valence-corrected chi connectivity index (χ3v) is 2.09. The predicted molar refractivity (Wildman–Crippen MR) is 54.9 cm³/mol. The first-order valence-electron chi connectivity index (χ1n) is 5.02. The Morgan fingerprint density at radius 3 is 1.80 bits per heavy atom. The van der Waals surface area contributed by atoms with Crippen LogP contribution in [0.5, 0.6) is 0 Å². The van der Waals surface area contributed by atoms with Crippen LogP contribution in [0.15, 0.2) is 0 Å². The lowest BCUT2D eigenvalue weighted by molar-refractivity contribution is -2.00. The third kappa shape index (κ3) is 26.1. The summed E-state index contributed by atoms with van der Waals surface area (Å²) in [5.41, 5.74) is 0. The van der Waals surface area contributed by atoms with Gasteiger partial charge in [-0.1, -0.05) is 0 Å². The van der Waals surface area contributed by atoms with E-state index in [1.807, 2.05) is 21.1 Å². The van der Waals surface area contributed by atoms with Crippen LogP contribution in [-0.2, 0) is 19.1 Å². The Morgan fingerprint density at radius 2 is 1.60 bits per heavy atom. The maximum Gasteiger partial charge on any atom is 0.306 e. The van der Waals surface area contributed by atoms with Crippen molar-refractivity contribution in [3.05, 3.63) is 0 Å². The Labute approximate surface area is 119 Å². The molecule has 0 fully saturated rings. The second-order valence-corrected chi connectivity index (χ2v) is 7.23. The normalized spacial score (nSPS) is 14.2. The number of carbonyl (C=O) groups is 1. The quantitative estimate of drug-likeness (QED) is 0.366. The van der Waals surface area contributed by atoms with E-state index in [-0.39, 0.29) is 6.42 Å². The van der Waals surface area contributed by atoms with Crippen molar-refractivity contribution in [1.82, 2.24) is 0 Å². The maximum absolute atomic E-state index is 10.9. The Kier molecular flexibility index (Phi) is 8.75. The fourth-order valence-corrected chi connectivity index (χ4v) is 1.81. The molecule has 0 radical (unpaired) electrons. The largest absolute Gasteiger partial charge is 0.481 e. The summed E-state index contributed by atoms with van der Waals surface area (Å²) in [7, 11) is -3.06. The number of quaternary nitrogens is 1. The van der Waals surface area contributed by atoms with Gasteiger partial charge in [0.2, 0.25) is 0 Å². The van der Waals surface area contributed by atoms with Crippen molar-refractivity contribution in [2.24, 2.45) is 0 Å². The van der Waals surface area contributed by atoms with Crippen molar-refractivity contribution in [3.63, 3.8) is 0 Å². The van der Waals surface area contributed by atoms with Gasteiger partial charge in [-0.2, -0.15) is 8.42 Å². The van der Waals surface area contributed by atoms with Crippen molar-refractivity contribution in [1.29, 1.82) is 0 Å². The van der Waals surface area contributed by atoms with Crippen LogP contribution in [0.25, 0.3) is 0 Å². The number of carboxylic acid groups (broad SMARTS) is 1. The first kappa shape index (κ1) is 21.8. The summed E-state index contributed by atoms with van der Waals surface area (Å²) in [5.74, 6) is -1.07. The number of aliphatic carboxylic acids is 1. The molecule has 0 aliphatic heterocycles. The van der Waals surface area contributed by atoms with Gasteiger partial charge in [0, 0.05) is 0 Å². The van der Waals surface area contributed by atoms with Crippen LogP contribution in [0.3, 0.4) is 0 Å². The average Bonchev–Trinajstić information content (AvgIpc) is 1.89. The van der Waals surface area contributed by atoms with Gasteiger partial charge in [-0.25, -0.2) is 18.6 Å². The number of hydrogen-bond acceptors (Lipinski definition) is 8. The Bertz CT molecular complexity index is 391. The molecule has 0 bridgehead atoms. The van der Waals surface area contributed by atoms with Gasteiger partial charge in [-0.05, 0) is 0 Å². The molecule has 0 aromatic carbocycles. The fraction of sp³-hybridized carbons (Fsp3) is 0.875. The number of likely N-dealkylation sites (N-methyl/N-ethyl adjacent to an activating group) is 1. The van der Waals surface area contributed by atoms with E-state index in [0.717, 1.165) is 6.26 Å². The summed E-state index contributed by atoms with van der Waals surface area (Å²) >= 11 is 0. The second-order valence-electron chi connectivity index (χ2n) is 4.87. The summed E-state index contributed by atoms with van der Waals surface area (Å²) in [6.45, 7) is 0.319. The van der Waals surface area contributed by atoms with Gasteiger partial charge in [-0.15, -0.1) is 10.2 Å².